The Balaban J connectivity index is 1.79. The highest BCUT2D eigenvalue weighted by atomic mass is 16.5. The van der Waals surface area contributed by atoms with Crippen LogP contribution >= 0.6 is 0 Å². The predicted octanol–water partition coefficient (Wildman–Crippen LogP) is 3.19. The van der Waals surface area contributed by atoms with Gasteiger partial charge in [-0.1, -0.05) is 18.2 Å². The zero-order valence-electron chi connectivity index (χ0n) is 18.5. The van der Waals surface area contributed by atoms with Crippen molar-refractivity contribution in [3.05, 3.63) is 72.3 Å². The highest BCUT2D eigenvalue weighted by Crippen LogP contribution is 2.30. The molecule has 2 aromatic carbocycles. The molecule has 0 N–H and O–H groups in total. The van der Waals surface area contributed by atoms with Gasteiger partial charge in [0.25, 0.3) is 5.91 Å². The van der Waals surface area contributed by atoms with E-state index < -0.39 is 19.0 Å². The molecule has 27 heavy (non-hydrogen) atoms. The second-order valence-corrected chi connectivity index (χ2v) is 5.81. The molecule has 1 amide bonds. The largest absolute Gasteiger partial charge is 0.497 e. The van der Waals surface area contributed by atoms with E-state index in [1.165, 1.54) is 18.5 Å². The Morgan fingerprint density at radius 3 is 2.63 bits per heavy atom. The van der Waals surface area contributed by atoms with Crippen LogP contribution in [0.3, 0.4) is 0 Å². The first-order valence-corrected chi connectivity index (χ1v) is 8.28. The van der Waals surface area contributed by atoms with Crippen LogP contribution in [0.5, 0.6) is 11.5 Å². The van der Waals surface area contributed by atoms with E-state index in [-0.39, 0.29) is 23.7 Å². The van der Waals surface area contributed by atoms with Crippen LogP contribution < -0.4 is 9.47 Å². The Hall–Kier alpha value is -3.41. The van der Waals surface area contributed by atoms with Gasteiger partial charge in [-0.3, -0.25) is 4.79 Å². The van der Waals surface area contributed by atoms with E-state index >= 15 is 0 Å². The lowest BCUT2D eigenvalue weighted by Gasteiger charge is -2.19. The molecule has 0 spiro atoms. The highest BCUT2D eigenvalue weighted by Gasteiger charge is 2.24. The van der Waals surface area contributed by atoms with Gasteiger partial charge in [0.15, 0.2) is 0 Å². The zero-order valence-corrected chi connectivity index (χ0v) is 14.5. The smallest absolute Gasteiger partial charge is 0.258 e. The molecule has 0 bridgehead atoms. The second-order valence-electron chi connectivity index (χ2n) is 5.81. The molecule has 0 saturated carbocycles. The van der Waals surface area contributed by atoms with Crippen molar-refractivity contribution in [3.8, 4) is 22.6 Å². The maximum Gasteiger partial charge on any atom is 0.258 e. The van der Waals surface area contributed by atoms with Crippen molar-refractivity contribution in [2.24, 2.45) is 0 Å². The van der Waals surface area contributed by atoms with Crippen molar-refractivity contribution >= 4 is 5.91 Å². The van der Waals surface area contributed by atoms with Crippen LogP contribution in [0.15, 0.2) is 60.9 Å². The maximum absolute atomic E-state index is 13.4. The summed E-state index contributed by atoms with van der Waals surface area (Å²) in [5.41, 5.74) is 1.55. The molecule has 0 unspecified atom stereocenters. The van der Waals surface area contributed by atoms with Gasteiger partial charge in [0, 0.05) is 12.4 Å². The average molecular weight is 365 g/mol. The Labute approximate surface area is 163 Å². The van der Waals surface area contributed by atoms with E-state index in [1.807, 2.05) is 12.1 Å². The minimum absolute atomic E-state index is 0.0346. The first-order valence-electron chi connectivity index (χ1n) is 10.3. The van der Waals surface area contributed by atoms with Crippen LogP contribution in [0.4, 0.5) is 0 Å². The highest BCUT2D eigenvalue weighted by molar-refractivity contribution is 5.98. The molecule has 1 aromatic heterocycles. The number of rotatable bonds is 4. The molecule has 6 heteroatoms. The van der Waals surface area contributed by atoms with Gasteiger partial charge >= 0.3 is 0 Å². The number of hydrogen-bond donors (Lipinski definition) is 0. The van der Waals surface area contributed by atoms with Crippen molar-refractivity contribution in [2.45, 2.75) is 6.54 Å². The third-order valence-corrected chi connectivity index (χ3v) is 4.14. The predicted molar refractivity (Wildman–Crippen MR) is 101 cm³/mol. The summed E-state index contributed by atoms with van der Waals surface area (Å²) in [6, 6.07) is 13.6. The number of amides is 1. The number of benzene rings is 2. The Bertz CT molecular complexity index is 1110. The fourth-order valence-corrected chi connectivity index (χ4v) is 2.74. The van der Waals surface area contributed by atoms with Crippen molar-refractivity contribution in [2.75, 3.05) is 20.2 Å². The first-order chi connectivity index (χ1) is 14.7. The van der Waals surface area contributed by atoms with E-state index in [0.29, 0.717) is 11.3 Å². The third-order valence-electron chi connectivity index (χ3n) is 4.14. The van der Waals surface area contributed by atoms with E-state index in [1.54, 1.807) is 37.4 Å². The zero-order chi connectivity index (χ0) is 22.2. The van der Waals surface area contributed by atoms with E-state index in [4.69, 9.17) is 15.0 Å². The quantitative estimate of drug-likeness (QED) is 0.710. The van der Waals surface area contributed by atoms with Gasteiger partial charge in [-0.15, -0.1) is 0 Å². The standard InChI is InChI=1S/C21H19N3O3/c1-26-17-6-3-15(4-7-17)16-5-8-19-18(13-16)21(25)24(11-12-27-19)14-20-22-9-2-10-23-20/h2-10,13H,11-12,14H2,1H3/i11D2,12D2. The number of nitrogens with zero attached hydrogens (tertiary/aromatic N) is 3. The number of ether oxygens (including phenoxy) is 2. The summed E-state index contributed by atoms with van der Waals surface area (Å²) in [4.78, 5) is 22.2. The van der Waals surface area contributed by atoms with E-state index in [0.717, 1.165) is 10.5 Å². The Kier molecular flexibility index (Phi) is 3.55. The van der Waals surface area contributed by atoms with Gasteiger partial charge in [-0.05, 0) is 41.5 Å². The average Bonchev–Trinajstić information content (AvgIpc) is 2.82. The fourth-order valence-electron chi connectivity index (χ4n) is 2.74. The Morgan fingerprint density at radius 2 is 1.89 bits per heavy atom. The van der Waals surface area contributed by atoms with Gasteiger partial charge in [0.05, 0.1) is 31.2 Å². The van der Waals surface area contributed by atoms with Crippen molar-refractivity contribution < 1.29 is 19.8 Å². The molecule has 0 fully saturated rings. The molecular formula is C21H19N3O3. The molecule has 2 heterocycles. The lowest BCUT2D eigenvalue weighted by Crippen LogP contribution is -2.32. The lowest BCUT2D eigenvalue weighted by molar-refractivity contribution is 0.0738. The number of fused-ring (bicyclic) bond motifs is 1. The number of hydrogen-bond acceptors (Lipinski definition) is 5. The number of aromatic nitrogens is 2. The lowest BCUT2D eigenvalue weighted by atomic mass is 10.0. The second kappa shape index (κ2) is 7.45. The number of carbonyl (C=O) groups excluding carboxylic acids is 1. The molecule has 0 saturated heterocycles. The van der Waals surface area contributed by atoms with Gasteiger partial charge < -0.3 is 14.4 Å². The molecule has 4 rings (SSSR count). The topological polar surface area (TPSA) is 64.6 Å². The monoisotopic (exact) mass is 365 g/mol. The molecule has 0 atom stereocenters. The minimum atomic E-state index is -2.80. The summed E-state index contributed by atoms with van der Waals surface area (Å²) < 4.78 is 43.6. The van der Waals surface area contributed by atoms with Gasteiger partial charge in [-0.25, -0.2) is 9.97 Å². The molecule has 0 aliphatic carbocycles. The minimum Gasteiger partial charge on any atom is -0.497 e. The number of methoxy groups -OCH3 is 1. The Morgan fingerprint density at radius 1 is 1.15 bits per heavy atom. The van der Waals surface area contributed by atoms with Crippen LogP contribution in [-0.4, -0.2) is 40.9 Å². The van der Waals surface area contributed by atoms with Crippen LogP contribution in [0, 0.1) is 0 Å². The normalized spacial score (nSPS) is 19.4. The van der Waals surface area contributed by atoms with E-state index in [9.17, 15) is 4.79 Å². The molecule has 3 aromatic rings. The van der Waals surface area contributed by atoms with Gasteiger partial charge in [0.1, 0.15) is 23.9 Å². The van der Waals surface area contributed by atoms with E-state index in [2.05, 4.69) is 9.97 Å². The summed E-state index contributed by atoms with van der Waals surface area (Å²) in [6.45, 7) is -5.89. The van der Waals surface area contributed by atoms with Crippen LogP contribution in [0.2, 0.25) is 0 Å². The molecular weight excluding hydrogens is 342 g/mol. The summed E-state index contributed by atoms with van der Waals surface area (Å²) in [5.74, 6) is 0.121. The van der Waals surface area contributed by atoms with Gasteiger partial charge in [-0.2, -0.15) is 0 Å². The summed E-state index contributed by atoms with van der Waals surface area (Å²) in [7, 11) is 1.57. The van der Waals surface area contributed by atoms with Crippen LogP contribution in [0.25, 0.3) is 11.1 Å². The first kappa shape index (κ1) is 12.9. The SMILES string of the molecule is [2H]C1([2H])Oc2ccc(-c3ccc(OC)cc3)cc2C(=O)N(Cc2ncccn2)C1([2H])[2H]. The summed E-state index contributed by atoms with van der Waals surface area (Å²) in [5, 5.41) is 0. The van der Waals surface area contributed by atoms with Crippen molar-refractivity contribution in [1.82, 2.24) is 14.9 Å². The molecule has 0 radical (unpaired) electrons. The van der Waals surface area contributed by atoms with Crippen molar-refractivity contribution in [1.29, 1.82) is 0 Å². The summed E-state index contributed by atoms with van der Waals surface area (Å²) >= 11 is 0. The molecule has 1 aliphatic heterocycles. The fraction of sp³-hybridized carbons (Fsp3) is 0.190. The van der Waals surface area contributed by atoms with Crippen molar-refractivity contribution in [3.63, 3.8) is 0 Å². The molecule has 136 valence electrons. The number of carbonyl (C=O) groups is 1. The van der Waals surface area contributed by atoms with Crippen LogP contribution in [-0.2, 0) is 6.54 Å². The molecule has 6 nitrogen and oxygen atoms in total. The molecule has 1 aliphatic rings. The third kappa shape index (κ3) is 3.60. The summed E-state index contributed by atoms with van der Waals surface area (Å²) in [6.07, 6.45) is 2.95. The maximum atomic E-state index is 13.4. The van der Waals surface area contributed by atoms with Gasteiger partial charge in [0.2, 0.25) is 0 Å². The van der Waals surface area contributed by atoms with Crippen LogP contribution in [0.1, 0.15) is 21.7 Å².